The van der Waals surface area contributed by atoms with Crippen LogP contribution in [0.3, 0.4) is 0 Å². The summed E-state index contributed by atoms with van der Waals surface area (Å²) >= 11 is 0. The molecule has 0 bridgehead atoms. The van der Waals surface area contributed by atoms with Crippen LogP contribution in [0.5, 0.6) is 5.75 Å². The van der Waals surface area contributed by atoms with Gasteiger partial charge in [-0.2, -0.15) is 13.1 Å². The van der Waals surface area contributed by atoms with Gasteiger partial charge in [-0.1, -0.05) is 39.0 Å². The van der Waals surface area contributed by atoms with Crippen LogP contribution in [0.25, 0.3) is 0 Å². The number of aliphatic hydroxyl groups is 1. The monoisotopic (exact) mass is 373 g/mol. The summed E-state index contributed by atoms with van der Waals surface area (Å²) in [6, 6.07) is 6.08. The number of fused-ring (bicyclic) bond motifs is 1. The summed E-state index contributed by atoms with van der Waals surface area (Å²) < 4.78 is 37.0. The van der Waals surface area contributed by atoms with E-state index < -0.39 is 30.8 Å². The predicted molar refractivity (Wildman–Crippen MR) is 95.6 cm³/mol. The van der Waals surface area contributed by atoms with Crippen LogP contribution >= 0.6 is 0 Å². The Bertz CT molecular complexity index is 684. The molecule has 2 N–H and O–H groups in total. The molecule has 0 spiro atoms. The van der Waals surface area contributed by atoms with Crippen LogP contribution in [-0.2, 0) is 14.7 Å². The molecule has 0 fully saturated rings. The molecule has 0 radical (unpaired) electrons. The first kappa shape index (κ1) is 19.4. The molecule has 1 aromatic rings. The third-order valence-electron chi connectivity index (χ3n) is 4.79. The summed E-state index contributed by atoms with van der Waals surface area (Å²) in [6.45, 7) is 11.1. The van der Waals surface area contributed by atoms with Crippen LogP contribution in [0.15, 0.2) is 24.3 Å². The second-order valence-electron chi connectivity index (χ2n) is 7.64. The molecular weight excluding hydrogens is 346 g/mol. The van der Waals surface area contributed by atoms with Crippen molar-refractivity contribution in [3.8, 4) is 5.75 Å². The maximum atomic E-state index is 11.8. The van der Waals surface area contributed by atoms with Crippen molar-refractivity contribution in [1.29, 1.82) is 0 Å². The average Bonchev–Trinajstić information content (AvgIpc) is 2.43. The highest BCUT2D eigenvalue weighted by Gasteiger charge is 2.38. The molecule has 2 atom stereocenters. The van der Waals surface area contributed by atoms with Crippen molar-refractivity contribution in [3.63, 3.8) is 0 Å². The minimum atomic E-state index is -3.91. The largest absolute Gasteiger partial charge is 0.417 e. The molecule has 0 aliphatic carbocycles. The molecule has 1 heterocycles. The molecule has 0 amide bonds. The van der Waals surface area contributed by atoms with Gasteiger partial charge < -0.3 is 13.7 Å². The second kappa shape index (κ2) is 6.76. The van der Waals surface area contributed by atoms with Crippen LogP contribution in [-0.4, -0.2) is 34.6 Å². The van der Waals surface area contributed by atoms with Crippen LogP contribution in [0.2, 0.25) is 18.1 Å². The number of nitrogens with one attached hydrogen (secondary N) is 1. The fourth-order valence-corrected chi connectivity index (χ4v) is 4.37. The van der Waals surface area contributed by atoms with Gasteiger partial charge in [0.25, 0.3) is 0 Å². The van der Waals surface area contributed by atoms with Gasteiger partial charge in [-0.25, -0.2) is 0 Å². The SMILES string of the molecule is CC(C)(C)[Si](C)(C)OCC[C@@H](O)[C@@H]1NS(=O)(=O)Oc2ccccc21. The normalized spacial score (nSPS) is 21.7. The Morgan fingerprint density at radius 3 is 2.58 bits per heavy atom. The van der Waals surface area contributed by atoms with Crippen molar-refractivity contribution in [2.24, 2.45) is 0 Å². The van der Waals surface area contributed by atoms with Gasteiger partial charge in [0.15, 0.2) is 8.32 Å². The molecule has 0 aromatic heterocycles. The van der Waals surface area contributed by atoms with E-state index in [0.717, 1.165) is 0 Å². The lowest BCUT2D eigenvalue weighted by Gasteiger charge is -2.37. The van der Waals surface area contributed by atoms with Crippen molar-refractivity contribution in [2.45, 2.75) is 57.5 Å². The zero-order valence-electron chi connectivity index (χ0n) is 14.9. The molecule has 6 nitrogen and oxygen atoms in total. The Morgan fingerprint density at radius 2 is 1.96 bits per heavy atom. The second-order valence-corrected chi connectivity index (χ2v) is 13.8. The number of aliphatic hydroxyl groups excluding tert-OH is 1. The molecule has 1 aliphatic rings. The maximum absolute atomic E-state index is 11.8. The van der Waals surface area contributed by atoms with Crippen molar-refractivity contribution < 1.29 is 22.1 Å². The first-order valence-corrected chi connectivity index (χ1v) is 12.4. The Morgan fingerprint density at radius 1 is 1.33 bits per heavy atom. The molecule has 136 valence electrons. The first-order chi connectivity index (χ1) is 10.9. The minimum Gasteiger partial charge on any atom is -0.417 e. The Balaban J connectivity index is 2.06. The van der Waals surface area contributed by atoms with E-state index in [2.05, 4.69) is 38.6 Å². The first-order valence-electron chi connectivity index (χ1n) is 8.06. The van der Waals surface area contributed by atoms with Gasteiger partial charge in [0.1, 0.15) is 5.75 Å². The van der Waals surface area contributed by atoms with E-state index in [1.54, 1.807) is 24.3 Å². The molecule has 0 saturated carbocycles. The van der Waals surface area contributed by atoms with Gasteiger partial charge in [0, 0.05) is 12.2 Å². The smallest absolute Gasteiger partial charge is 0.383 e. The fourth-order valence-electron chi connectivity index (χ4n) is 2.28. The van der Waals surface area contributed by atoms with Crippen LogP contribution in [0.4, 0.5) is 0 Å². The predicted octanol–water partition coefficient (Wildman–Crippen LogP) is 2.73. The lowest BCUT2D eigenvalue weighted by molar-refractivity contribution is 0.102. The number of hydrogen-bond donors (Lipinski definition) is 2. The van der Waals surface area contributed by atoms with Gasteiger partial charge in [0.2, 0.25) is 0 Å². The van der Waals surface area contributed by atoms with E-state index in [1.807, 2.05) is 0 Å². The van der Waals surface area contributed by atoms with Crippen LogP contribution in [0, 0.1) is 0 Å². The third kappa shape index (κ3) is 4.37. The van der Waals surface area contributed by atoms with E-state index in [-0.39, 0.29) is 10.8 Å². The Labute approximate surface area is 145 Å². The number of para-hydroxylation sites is 1. The lowest BCUT2D eigenvalue weighted by Crippen LogP contribution is -2.44. The average molecular weight is 374 g/mol. The summed E-state index contributed by atoms with van der Waals surface area (Å²) in [5.74, 6) is 0.255. The standard InChI is InChI=1S/C16H27NO5SSi/c1-16(2,3)24(4,5)21-11-10-13(18)15-12-8-6-7-9-14(12)22-23(19,20)17-15/h6-9,13,15,17-18H,10-11H2,1-5H3/t13-,15-/m1/s1. The van der Waals surface area contributed by atoms with E-state index in [4.69, 9.17) is 8.61 Å². The minimum absolute atomic E-state index is 0.0881. The van der Waals surface area contributed by atoms with Crippen molar-refractivity contribution in [3.05, 3.63) is 29.8 Å². The van der Waals surface area contributed by atoms with Gasteiger partial charge in [-0.3, -0.25) is 0 Å². The highest BCUT2D eigenvalue weighted by Crippen LogP contribution is 2.37. The molecule has 0 saturated heterocycles. The molecular formula is C16H27NO5SSi. The van der Waals surface area contributed by atoms with E-state index in [9.17, 15) is 13.5 Å². The van der Waals surface area contributed by atoms with E-state index >= 15 is 0 Å². The van der Waals surface area contributed by atoms with Crippen LogP contribution in [0.1, 0.15) is 38.8 Å². The van der Waals surface area contributed by atoms with E-state index in [0.29, 0.717) is 18.6 Å². The van der Waals surface area contributed by atoms with Crippen molar-refractivity contribution >= 4 is 18.6 Å². The molecule has 1 aliphatic heterocycles. The summed E-state index contributed by atoms with van der Waals surface area (Å²) in [5, 5.41) is 10.6. The van der Waals surface area contributed by atoms with Gasteiger partial charge in [-0.15, -0.1) is 0 Å². The van der Waals surface area contributed by atoms with Gasteiger partial charge in [-0.05, 0) is 30.6 Å². The summed E-state index contributed by atoms with van der Waals surface area (Å²) in [6.07, 6.45) is -0.553. The topological polar surface area (TPSA) is 84.9 Å². The van der Waals surface area contributed by atoms with Crippen molar-refractivity contribution in [1.82, 2.24) is 4.72 Å². The molecule has 24 heavy (non-hydrogen) atoms. The molecule has 2 rings (SSSR count). The fraction of sp³-hybridized carbons (Fsp3) is 0.625. The zero-order valence-corrected chi connectivity index (χ0v) is 16.7. The summed E-state index contributed by atoms with van der Waals surface area (Å²) in [4.78, 5) is 0. The lowest BCUT2D eigenvalue weighted by atomic mass is 9.99. The molecule has 8 heteroatoms. The van der Waals surface area contributed by atoms with Crippen LogP contribution < -0.4 is 8.91 Å². The number of benzene rings is 1. The molecule has 0 unspecified atom stereocenters. The third-order valence-corrected chi connectivity index (χ3v) is 10.3. The van der Waals surface area contributed by atoms with Gasteiger partial charge >= 0.3 is 10.3 Å². The quantitative estimate of drug-likeness (QED) is 0.775. The van der Waals surface area contributed by atoms with Crippen molar-refractivity contribution in [2.75, 3.05) is 6.61 Å². The number of rotatable bonds is 5. The zero-order chi connectivity index (χ0) is 18.2. The Hall–Kier alpha value is -0.933. The highest BCUT2D eigenvalue weighted by molar-refractivity contribution is 7.85. The summed E-state index contributed by atoms with van der Waals surface area (Å²) in [7, 11) is -5.80. The highest BCUT2D eigenvalue weighted by atomic mass is 32.2. The molecule has 1 aromatic carbocycles. The van der Waals surface area contributed by atoms with Gasteiger partial charge in [0.05, 0.1) is 12.1 Å². The number of hydrogen-bond acceptors (Lipinski definition) is 5. The Kier molecular flexibility index (Phi) is 5.46. The maximum Gasteiger partial charge on any atom is 0.383 e. The van der Waals surface area contributed by atoms with E-state index in [1.165, 1.54) is 0 Å². The summed E-state index contributed by atoms with van der Waals surface area (Å²) in [5.41, 5.74) is 0.632.